The summed E-state index contributed by atoms with van der Waals surface area (Å²) in [4.78, 5) is 24.8. The summed E-state index contributed by atoms with van der Waals surface area (Å²) in [6.07, 6.45) is -3.10. The maximum absolute atomic E-state index is 13.0. The van der Waals surface area contributed by atoms with Crippen LogP contribution in [-0.4, -0.2) is 27.9 Å². The standard InChI is InChI=1S/C19H11BrF3NO4S2/c20-12-4-5-14(28-9-16(25)26)10(6-12)7-15-17(27)24(18(29)30-15)13-3-1-2-11(8-13)19(21,22)23/h1-8H,9H2,(H,25,26)/b15-7-. The van der Waals surface area contributed by atoms with E-state index in [4.69, 9.17) is 22.1 Å². The van der Waals surface area contributed by atoms with Crippen molar-refractivity contribution in [2.75, 3.05) is 11.5 Å². The maximum atomic E-state index is 13.0. The van der Waals surface area contributed by atoms with Crippen molar-refractivity contribution in [1.82, 2.24) is 0 Å². The highest BCUT2D eigenvalue weighted by atomic mass is 79.9. The van der Waals surface area contributed by atoms with Gasteiger partial charge >= 0.3 is 12.1 Å². The molecular weight excluding hydrogens is 507 g/mol. The highest BCUT2D eigenvalue weighted by Crippen LogP contribution is 2.39. The van der Waals surface area contributed by atoms with E-state index in [-0.39, 0.29) is 20.7 Å². The predicted molar refractivity (Wildman–Crippen MR) is 114 cm³/mol. The second kappa shape index (κ2) is 8.78. The molecule has 3 rings (SSSR count). The molecule has 0 spiro atoms. The van der Waals surface area contributed by atoms with Gasteiger partial charge in [-0.1, -0.05) is 46.0 Å². The molecule has 1 amide bonds. The van der Waals surface area contributed by atoms with Gasteiger partial charge in [-0.2, -0.15) is 13.2 Å². The third-order valence-corrected chi connectivity index (χ3v) is 5.63. The molecule has 2 aromatic rings. The van der Waals surface area contributed by atoms with E-state index in [0.29, 0.717) is 10.0 Å². The monoisotopic (exact) mass is 517 g/mol. The Morgan fingerprint density at radius 1 is 1.27 bits per heavy atom. The molecule has 0 unspecified atom stereocenters. The van der Waals surface area contributed by atoms with Crippen molar-refractivity contribution in [2.24, 2.45) is 0 Å². The number of carboxylic acids is 1. The Morgan fingerprint density at radius 3 is 2.67 bits per heavy atom. The van der Waals surface area contributed by atoms with E-state index in [1.165, 1.54) is 24.3 Å². The quantitative estimate of drug-likeness (QED) is 0.426. The lowest BCUT2D eigenvalue weighted by Gasteiger charge is -2.16. The van der Waals surface area contributed by atoms with Gasteiger partial charge in [0.15, 0.2) is 10.9 Å². The highest BCUT2D eigenvalue weighted by Gasteiger charge is 2.36. The fourth-order valence-corrected chi connectivity index (χ4v) is 4.22. The maximum Gasteiger partial charge on any atom is 0.416 e. The summed E-state index contributed by atoms with van der Waals surface area (Å²) in [5.74, 6) is -1.53. The number of hydrogen-bond donors (Lipinski definition) is 1. The van der Waals surface area contributed by atoms with Crippen molar-refractivity contribution in [1.29, 1.82) is 0 Å². The first-order valence-corrected chi connectivity index (χ1v) is 10.2. The third-order valence-electron chi connectivity index (χ3n) is 3.83. The molecule has 0 aliphatic carbocycles. The van der Waals surface area contributed by atoms with Crippen molar-refractivity contribution in [3.05, 3.63) is 63.0 Å². The van der Waals surface area contributed by atoms with Crippen molar-refractivity contribution in [3.63, 3.8) is 0 Å². The van der Waals surface area contributed by atoms with E-state index in [1.807, 2.05) is 0 Å². The molecule has 0 saturated carbocycles. The van der Waals surface area contributed by atoms with Gasteiger partial charge < -0.3 is 9.84 Å². The average molecular weight is 518 g/mol. The highest BCUT2D eigenvalue weighted by molar-refractivity contribution is 9.10. The van der Waals surface area contributed by atoms with Gasteiger partial charge in [0.1, 0.15) is 5.75 Å². The van der Waals surface area contributed by atoms with Crippen LogP contribution in [0.5, 0.6) is 5.75 Å². The minimum atomic E-state index is -4.56. The van der Waals surface area contributed by atoms with E-state index < -0.39 is 30.2 Å². The fourth-order valence-electron chi connectivity index (χ4n) is 2.56. The van der Waals surface area contributed by atoms with Crippen LogP contribution in [0.3, 0.4) is 0 Å². The summed E-state index contributed by atoms with van der Waals surface area (Å²) in [5, 5.41) is 8.81. The van der Waals surface area contributed by atoms with Crippen molar-refractivity contribution in [2.45, 2.75) is 6.18 Å². The molecular formula is C19H11BrF3NO4S2. The average Bonchev–Trinajstić information content (AvgIpc) is 2.93. The summed E-state index contributed by atoms with van der Waals surface area (Å²) in [7, 11) is 0. The Labute approximate surface area is 186 Å². The molecule has 11 heteroatoms. The molecule has 30 heavy (non-hydrogen) atoms. The van der Waals surface area contributed by atoms with Crippen LogP contribution < -0.4 is 9.64 Å². The zero-order chi connectivity index (χ0) is 22.1. The van der Waals surface area contributed by atoms with Crippen LogP contribution in [0.2, 0.25) is 0 Å². The number of halogens is 4. The number of carbonyl (C=O) groups is 2. The van der Waals surface area contributed by atoms with Crippen molar-refractivity contribution >= 4 is 67.9 Å². The Hall–Kier alpha value is -2.37. The molecule has 1 fully saturated rings. The largest absolute Gasteiger partial charge is 0.481 e. The van der Waals surface area contributed by atoms with Crippen molar-refractivity contribution < 1.29 is 32.6 Å². The number of thiocarbonyl (C=S) groups is 1. The van der Waals surface area contributed by atoms with E-state index in [2.05, 4.69) is 15.9 Å². The molecule has 0 atom stereocenters. The zero-order valence-corrected chi connectivity index (χ0v) is 18.0. The summed E-state index contributed by atoms with van der Waals surface area (Å²) < 4.78 is 45.0. The van der Waals surface area contributed by atoms with Crippen LogP contribution in [0.25, 0.3) is 6.08 Å². The number of hydrogen-bond acceptors (Lipinski definition) is 5. The van der Waals surface area contributed by atoms with Gasteiger partial charge in [-0.3, -0.25) is 9.69 Å². The molecule has 1 aliphatic rings. The number of amides is 1. The van der Waals surface area contributed by atoms with E-state index in [1.54, 1.807) is 12.1 Å². The second-order valence-corrected chi connectivity index (χ2v) is 8.52. The molecule has 1 heterocycles. The Bertz CT molecular complexity index is 1070. The second-order valence-electron chi connectivity index (χ2n) is 5.93. The van der Waals surface area contributed by atoms with Gasteiger partial charge in [-0.05, 0) is 42.5 Å². The molecule has 0 bridgehead atoms. The molecule has 1 N–H and O–H groups in total. The molecule has 0 aromatic heterocycles. The summed E-state index contributed by atoms with van der Waals surface area (Å²) in [6.45, 7) is -0.576. The predicted octanol–water partition coefficient (Wildman–Crippen LogP) is 5.34. The lowest BCUT2D eigenvalue weighted by molar-refractivity contribution is -0.139. The molecule has 156 valence electrons. The van der Waals surface area contributed by atoms with Crippen molar-refractivity contribution in [3.8, 4) is 5.75 Å². The number of rotatable bonds is 5. The van der Waals surface area contributed by atoms with E-state index in [0.717, 1.165) is 28.8 Å². The molecule has 0 radical (unpaired) electrons. The smallest absolute Gasteiger partial charge is 0.416 e. The van der Waals surface area contributed by atoms with E-state index >= 15 is 0 Å². The number of anilines is 1. The first kappa shape index (κ1) is 22.3. The number of aliphatic carboxylic acids is 1. The third kappa shape index (κ3) is 5.02. The number of carboxylic acid groups (broad SMARTS) is 1. The summed E-state index contributed by atoms with van der Waals surface area (Å²) >= 11 is 9.42. The molecule has 5 nitrogen and oxygen atoms in total. The van der Waals surface area contributed by atoms with Gasteiger partial charge in [-0.25, -0.2) is 4.79 Å². The first-order chi connectivity index (χ1) is 14.1. The van der Waals surface area contributed by atoms with Gasteiger partial charge in [0, 0.05) is 10.0 Å². The van der Waals surface area contributed by atoms with Crippen LogP contribution >= 0.6 is 39.9 Å². The van der Waals surface area contributed by atoms with Crippen LogP contribution in [0, 0.1) is 0 Å². The lowest BCUT2D eigenvalue weighted by Crippen LogP contribution is -2.27. The van der Waals surface area contributed by atoms with Gasteiger partial charge in [-0.15, -0.1) is 0 Å². The normalized spacial score (nSPS) is 15.7. The number of nitrogens with zero attached hydrogens (tertiary/aromatic N) is 1. The Kier molecular flexibility index (Phi) is 6.53. The lowest BCUT2D eigenvalue weighted by atomic mass is 10.1. The fraction of sp³-hybridized carbons (Fsp3) is 0.105. The van der Waals surface area contributed by atoms with Crippen LogP contribution in [0.4, 0.5) is 18.9 Å². The summed E-state index contributed by atoms with van der Waals surface area (Å²) in [6, 6.07) is 9.12. The Balaban J connectivity index is 1.95. The molecule has 1 saturated heterocycles. The van der Waals surface area contributed by atoms with E-state index in [9.17, 15) is 22.8 Å². The number of carbonyl (C=O) groups excluding carboxylic acids is 1. The number of ether oxygens (including phenoxy) is 1. The molecule has 1 aliphatic heterocycles. The summed E-state index contributed by atoms with van der Waals surface area (Å²) in [5.41, 5.74) is -0.475. The number of benzene rings is 2. The number of thioether (sulfide) groups is 1. The Morgan fingerprint density at radius 2 is 2.00 bits per heavy atom. The zero-order valence-electron chi connectivity index (χ0n) is 14.8. The van der Waals surface area contributed by atoms with Gasteiger partial charge in [0.25, 0.3) is 5.91 Å². The topological polar surface area (TPSA) is 66.8 Å². The van der Waals surface area contributed by atoms with Gasteiger partial charge in [0.05, 0.1) is 16.2 Å². The molecule has 2 aromatic carbocycles. The van der Waals surface area contributed by atoms with Crippen LogP contribution in [0.15, 0.2) is 51.8 Å². The SMILES string of the molecule is O=C(O)COc1ccc(Br)cc1/C=C1\SC(=S)N(c2cccc(C(F)(F)F)c2)C1=O. The van der Waals surface area contributed by atoms with Gasteiger partial charge in [0.2, 0.25) is 0 Å². The van der Waals surface area contributed by atoms with Crippen LogP contribution in [-0.2, 0) is 15.8 Å². The first-order valence-electron chi connectivity index (χ1n) is 8.15. The number of alkyl halides is 3. The minimum Gasteiger partial charge on any atom is -0.481 e. The minimum absolute atomic E-state index is 0.00678. The van der Waals surface area contributed by atoms with Crippen LogP contribution in [0.1, 0.15) is 11.1 Å².